The molecule has 110 valence electrons. The number of rotatable bonds is 5. The van der Waals surface area contributed by atoms with Crippen LogP contribution in [0.2, 0.25) is 0 Å². The molecule has 1 aliphatic carbocycles. The number of hydrogen-bond acceptors (Lipinski definition) is 2. The zero-order chi connectivity index (χ0) is 14.6. The third kappa shape index (κ3) is 4.45. The van der Waals surface area contributed by atoms with E-state index in [1.807, 2.05) is 0 Å². The van der Waals surface area contributed by atoms with Gasteiger partial charge in [0, 0.05) is 24.9 Å². The van der Waals surface area contributed by atoms with Crippen LogP contribution in [0.15, 0.2) is 24.3 Å². The second-order valence-electron chi connectivity index (χ2n) is 6.96. The summed E-state index contributed by atoms with van der Waals surface area (Å²) in [5.74, 6) is 0.838. The summed E-state index contributed by atoms with van der Waals surface area (Å²) >= 11 is 0. The van der Waals surface area contributed by atoms with E-state index in [9.17, 15) is 4.79 Å². The molecule has 1 unspecified atom stereocenters. The average Bonchev–Trinajstić information content (AvgIpc) is 2.37. The van der Waals surface area contributed by atoms with Crippen molar-refractivity contribution in [3.8, 4) is 0 Å². The molecular formula is C18H27NO. The van der Waals surface area contributed by atoms with Crippen molar-refractivity contribution in [2.24, 2.45) is 0 Å². The maximum Gasteiger partial charge on any atom is 0.134 e. The Morgan fingerprint density at radius 3 is 2.80 bits per heavy atom. The highest BCUT2D eigenvalue weighted by molar-refractivity contribution is 5.79. The van der Waals surface area contributed by atoms with Crippen molar-refractivity contribution in [2.75, 3.05) is 6.54 Å². The van der Waals surface area contributed by atoms with Crippen LogP contribution in [0.3, 0.4) is 0 Å². The van der Waals surface area contributed by atoms with E-state index < -0.39 is 0 Å². The van der Waals surface area contributed by atoms with Crippen LogP contribution in [-0.4, -0.2) is 17.9 Å². The van der Waals surface area contributed by atoms with Crippen LogP contribution >= 0.6 is 0 Å². The van der Waals surface area contributed by atoms with Gasteiger partial charge in [0.05, 0.1) is 0 Å². The van der Waals surface area contributed by atoms with Crippen molar-refractivity contribution in [1.82, 2.24) is 5.32 Å². The van der Waals surface area contributed by atoms with Gasteiger partial charge in [-0.15, -0.1) is 0 Å². The number of hydrogen-bond donors (Lipinski definition) is 1. The maximum atomic E-state index is 12.2. The molecule has 1 aliphatic rings. The number of aryl methyl sites for hydroxylation is 1. The zero-order valence-electron chi connectivity index (χ0n) is 13.0. The van der Waals surface area contributed by atoms with Gasteiger partial charge < -0.3 is 5.32 Å². The summed E-state index contributed by atoms with van der Waals surface area (Å²) in [4.78, 5) is 12.2. The van der Waals surface area contributed by atoms with E-state index >= 15 is 0 Å². The van der Waals surface area contributed by atoms with Gasteiger partial charge in [-0.05, 0) is 57.1 Å². The molecule has 0 saturated heterocycles. The number of carbonyl (C=O) groups is 1. The van der Waals surface area contributed by atoms with Crippen LogP contribution in [-0.2, 0) is 11.2 Å². The van der Waals surface area contributed by atoms with Gasteiger partial charge in [0.15, 0.2) is 0 Å². The summed E-state index contributed by atoms with van der Waals surface area (Å²) in [7, 11) is 0. The first kappa shape index (κ1) is 15.2. The number of fused-ring (bicyclic) bond motifs is 1. The fraction of sp³-hybridized carbons (Fsp3) is 0.611. The lowest BCUT2D eigenvalue weighted by Crippen LogP contribution is -2.37. The van der Waals surface area contributed by atoms with Crippen LogP contribution in [0, 0.1) is 0 Å². The SMILES string of the molecule is CC(C)(C)NCCC(=O)CC1CCCc2ccccc21. The molecule has 20 heavy (non-hydrogen) atoms. The van der Waals surface area contributed by atoms with E-state index in [2.05, 4.69) is 50.4 Å². The van der Waals surface area contributed by atoms with E-state index in [0.29, 0.717) is 24.5 Å². The largest absolute Gasteiger partial charge is 0.312 e. The Balaban J connectivity index is 1.86. The highest BCUT2D eigenvalue weighted by Crippen LogP contribution is 2.34. The first-order valence-electron chi connectivity index (χ1n) is 7.80. The fourth-order valence-corrected chi connectivity index (χ4v) is 3.02. The van der Waals surface area contributed by atoms with Crippen molar-refractivity contribution in [3.63, 3.8) is 0 Å². The minimum Gasteiger partial charge on any atom is -0.312 e. The van der Waals surface area contributed by atoms with Gasteiger partial charge in [0.1, 0.15) is 5.78 Å². The minimum absolute atomic E-state index is 0.0950. The predicted molar refractivity (Wildman–Crippen MR) is 84.1 cm³/mol. The molecule has 0 bridgehead atoms. The van der Waals surface area contributed by atoms with Gasteiger partial charge in [0.25, 0.3) is 0 Å². The second kappa shape index (κ2) is 6.53. The third-order valence-electron chi connectivity index (χ3n) is 4.03. The Labute approximate surface area is 123 Å². The third-order valence-corrected chi connectivity index (χ3v) is 4.03. The molecule has 0 heterocycles. The van der Waals surface area contributed by atoms with Gasteiger partial charge in [-0.25, -0.2) is 0 Å². The lowest BCUT2D eigenvalue weighted by molar-refractivity contribution is -0.119. The highest BCUT2D eigenvalue weighted by Gasteiger charge is 2.22. The van der Waals surface area contributed by atoms with Gasteiger partial charge in [-0.2, -0.15) is 0 Å². The summed E-state index contributed by atoms with van der Waals surface area (Å²) in [5, 5.41) is 3.39. The van der Waals surface area contributed by atoms with Gasteiger partial charge in [-0.1, -0.05) is 24.3 Å². The molecule has 2 heteroatoms. The molecule has 1 aromatic carbocycles. The Morgan fingerprint density at radius 2 is 2.05 bits per heavy atom. The summed E-state index contributed by atoms with van der Waals surface area (Å²) in [6, 6.07) is 8.63. The molecule has 2 rings (SSSR count). The Kier molecular flexibility index (Phi) is 4.98. The fourth-order valence-electron chi connectivity index (χ4n) is 3.02. The molecule has 1 atom stereocenters. The van der Waals surface area contributed by atoms with Crippen molar-refractivity contribution >= 4 is 5.78 Å². The van der Waals surface area contributed by atoms with Crippen LogP contribution < -0.4 is 5.32 Å². The summed E-state index contributed by atoms with van der Waals surface area (Å²) in [6.45, 7) is 7.19. The lowest BCUT2D eigenvalue weighted by atomic mass is 9.80. The monoisotopic (exact) mass is 273 g/mol. The number of ketones is 1. The van der Waals surface area contributed by atoms with Gasteiger partial charge in [0.2, 0.25) is 0 Å². The van der Waals surface area contributed by atoms with Crippen LogP contribution in [0.4, 0.5) is 0 Å². The molecule has 0 spiro atoms. The van der Waals surface area contributed by atoms with E-state index in [0.717, 1.165) is 13.0 Å². The molecule has 1 aromatic rings. The maximum absolute atomic E-state index is 12.2. The molecular weight excluding hydrogens is 246 g/mol. The summed E-state index contributed by atoms with van der Waals surface area (Å²) in [6.07, 6.45) is 4.91. The molecule has 0 aromatic heterocycles. The van der Waals surface area contributed by atoms with E-state index in [1.54, 1.807) is 0 Å². The first-order valence-corrected chi connectivity index (χ1v) is 7.80. The summed E-state index contributed by atoms with van der Waals surface area (Å²) in [5.41, 5.74) is 2.96. The normalized spacial score (nSPS) is 18.6. The van der Waals surface area contributed by atoms with E-state index in [-0.39, 0.29) is 5.54 Å². The lowest BCUT2D eigenvalue weighted by Gasteiger charge is -2.25. The molecule has 0 radical (unpaired) electrons. The van der Waals surface area contributed by atoms with Crippen LogP contribution in [0.1, 0.15) is 63.5 Å². The molecule has 0 aliphatic heterocycles. The second-order valence-corrected chi connectivity index (χ2v) is 6.96. The predicted octanol–water partition coefficient (Wildman–Crippen LogP) is 3.84. The van der Waals surface area contributed by atoms with Crippen molar-refractivity contribution < 1.29 is 4.79 Å². The summed E-state index contributed by atoms with van der Waals surface area (Å²) < 4.78 is 0. The standard InChI is InChI=1S/C18H27NO/c1-18(2,3)19-12-11-16(20)13-15-9-6-8-14-7-4-5-10-17(14)15/h4-5,7,10,15,19H,6,8-9,11-13H2,1-3H3. The molecule has 2 nitrogen and oxygen atoms in total. The minimum atomic E-state index is 0.0950. The van der Waals surface area contributed by atoms with E-state index in [4.69, 9.17) is 0 Å². The topological polar surface area (TPSA) is 29.1 Å². The molecule has 0 amide bonds. The van der Waals surface area contributed by atoms with Gasteiger partial charge in [-0.3, -0.25) is 4.79 Å². The number of Topliss-reactive ketones (excluding diaryl/α,β-unsaturated/α-hetero) is 1. The Bertz CT molecular complexity index is 459. The van der Waals surface area contributed by atoms with Crippen LogP contribution in [0.5, 0.6) is 0 Å². The van der Waals surface area contributed by atoms with Crippen molar-refractivity contribution in [1.29, 1.82) is 0 Å². The number of carbonyl (C=O) groups excluding carboxylic acids is 1. The Hall–Kier alpha value is -1.15. The number of benzene rings is 1. The van der Waals surface area contributed by atoms with Crippen molar-refractivity contribution in [2.45, 2.75) is 64.3 Å². The first-order chi connectivity index (χ1) is 9.46. The smallest absolute Gasteiger partial charge is 0.134 e. The van der Waals surface area contributed by atoms with Crippen molar-refractivity contribution in [3.05, 3.63) is 35.4 Å². The zero-order valence-corrected chi connectivity index (χ0v) is 13.0. The molecule has 0 saturated carbocycles. The molecule has 0 fully saturated rings. The average molecular weight is 273 g/mol. The Morgan fingerprint density at radius 1 is 1.30 bits per heavy atom. The number of nitrogens with one attached hydrogen (secondary N) is 1. The molecule has 1 N–H and O–H groups in total. The van der Waals surface area contributed by atoms with Gasteiger partial charge >= 0.3 is 0 Å². The van der Waals surface area contributed by atoms with Crippen LogP contribution in [0.25, 0.3) is 0 Å². The van der Waals surface area contributed by atoms with E-state index in [1.165, 1.54) is 24.0 Å². The highest BCUT2D eigenvalue weighted by atomic mass is 16.1. The quantitative estimate of drug-likeness (QED) is 0.883.